The van der Waals surface area contributed by atoms with Crippen LogP contribution in [0, 0.1) is 27.5 Å². The van der Waals surface area contributed by atoms with E-state index in [0.29, 0.717) is 0 Å². The second-order valence-electron chi connectivity index (χ2n) is 4.73. The van der Waals surface area contributed by atoms with Gasteiger partial charge in [0, 0.05) is 15.7 Å². The van der Waals surface area contributed by atoms with E-state index < -0.39 is 0 Å². The van der Waals surface area contributed by atoms with Gasteiger partial charge in [0.15, 0.2) is 0 Å². The third-order valence-corrected chi connectivity index (χ3v) is 4.46. The first kappa shape index (κ1) is 14.9. The van der Waals surface area contributed by atoms with E-state index in [2.05, 4.69) is 22.6 Å². The normalized spacial score (nSPS) is 12.2. The second-order valence-corrected chi connectivity index (χ2v) is 5.90. The highest BCUT2D eigenvalue weighted by atomic mass is 127. The zero-order valence-electron chi connectivity index (χ0n) is 11.3. The highest BCUT2D eigenvalue weighted by Crippen LogP contribution is 2.30. The van der Waals surface area contributed by atoms with E-state index in [1.165, 1.54) is 0 Å². The molecule has 1 unspecified atom stereocenters. The fraction of sp³-hybridized carbons (Fsp3) is 0.200. The summed E-state index contributed by atoms with van der Waals surface area (Å²) in [7, 11) is 0. The Bertz CT molecular complexity index is 671. The van der Waals surface area contributed by atoms with Crippen molar-refractivity contribution >= 4 is 28.3 Å². The topological polar surface area (TPSA) is 69.2 Å². The van der Waals surface area contributed by atoms with Crippen molar-refractivity contribution in [1.82, 2.24) is 0 Å². The molecule has 104 valence electrons. The van der Waals surface area contributed by atoms with Crippen LogP contribution in [0.1, 0.15) is 28.3 Å². The molecule has 0 amide bonds. The molecule has 0 radical (unpaired) electrons. The van der Waals surface area contributed by atoms with Gasteiger partial charge >= 0.3 is 0 Å². The van der Waals surface area contributed by atoms with Crippen molar-refractivity contribution in [2.24, 2.45) is 5.73 Å². The number of nitro benzene ring substituents is 1. The third-order valence-electron chi connectivity index (χ3n) is 3.48. The molecule has 0 aliphatic carbocycles. The molecule has 20 heavy (non-hydrogen) atoms. The van der Waals surface area contributed by atoms with Gasteiger partial charge < -0.3 is 5.73 Å². The monoisotopic (exact) mass is 382 g/mol. The number of hydrogen-bond acceptors (Lipinski definition) is 3. The maximum absolute atomic E-state index is 11.0. The number of non-ortho nitro benzene ring substituents is 1. The number of aryl methyl sites for hydroxylation is 1. The summed E-state index contributed by atoms with van der Waals surface area (Å²) in [4.78, 5) is 10.6. The van der Waals surface area contributed by atoms with E-state index in [4.69, 9.17) is 5.73 Å². The average molecular weight is 382 g/mol. The van der Waals surface area contributed by atoms with Crippen LogP contribution in [0.2, 0.25) is 0 Å². The predicted octanol–water partition coefficient (Wildman–Crippen LogP) is 3.86. The van der Waals surface area contributed by atoms with Crippen molar-refractivity contribution in [1.29, 1.82) is 0 Å². The number of hydrogen-bond donors (Lipinski definition) is 1. The van der Waals surface area contributed by atoms with Gasteiger partial charge in [-0.3, -0.25) is 10.1 Å². The average Bonchev–Trinajstić information content (AvgIpc) is 2.41. The van der Waals surface area contributed by atoms with Crippen LogP contribution in [-0.2, 0) is 0 Å². The SMILES string of the molecule is Cc1cc([N+](=O)[O-])cc(C(N)c2ccccc2I)c1C. The molecule has 2 aromatic carbocycles. The van der Waals surface area contributed by atoms with E-state index >= 15 is 0 Å². The van der Waals surface area contributed by atoms with E-state index in [-0.39, 0.29) is 16.7 Å². The first-order valence-corrected chi connectivity index (χ1v) is 7.25. The lowest BCUT2D eigenvalue weighted by Gasteiger charge is -2.18. The number of nitro groups is 1. The zero-order valence-corrected chi connectivity index (χ0v) is 13.4. The van der Waals surface area contributed by atoms with Crippen LogP contribution in [0.15, 0.2) is 36.4 Å². The smallest absolute Gasteiger partial charge is 0.270 e. The molecule has 0 bridgehead atoms. The third kappa shape index (κ3) is 2.83. The fourth-order valence-electron chi connectivity index (χ4n) is 2.19. The summed E-state index contributed by atoms with van der Waals surface area (Å²) in [6.45, 7) is 3.82. The number of nitrogens with two attached hydrogens (primary N) is 1. The molecule has 0 aliphatic heterocycles. The van der Waals surface area contributed by atoms with Gasteiger partial charge in [-0.1, -0.05) is 18.2 Å². The van der Waals surface area contributed by atoms with Crippen LogP contribution in [0.5, 0.6) is 0 Å². The number of benzene rings is 2. The van der Waals surface area contributed by atoms with Gasteiger partial charge in [0.1, 0.15) is 0 Å². The minimum absolute atomic E-state index is 0.0875. The van der Waals surface area contributed by atoms with Crippen LogP contribution in [0.4, 0.5) is 5.69 Å². The highest BCUT2D eigenvalue weighted by Gasteiger charge is 2.19. The zero-order chi connectivity index (χ0) is 14.9. The molecule has 2 N–H and O–H groups in total. The molecule has 1 atom stereocenters. The van der Waals surface area contributed by atoms with Gasteiger partial charge in [-0.15, -0.1) is 0 Å². The molecule has 0 fully saturated rings. The minimum atomic E-state index is -0.376. The Morgan fingerprint density at radius 1 is 1.20 bits per heavy atom. The number of rotatable bonds is 3. The standard InChI is InChI=1S/C15H15IN2O2/c1-9-7-11(18(19)20)8-13(10(9)2)15(17)12-5-3-4-6-14(12)16/h3-8,15H,17H2,1-2H3. The molecule has 4 nitrogen and oxygen atoms in total. The van der Waals surface area contributed by atoms with Crippen molar-refractivity contribution in [3.63, 3.8) is 0 Å². The summed E-state index contributed by atoms with van der Waals surface area (Å²) in [5.74, 6) is 0. The van der Waals surface area contributed by atoms with Gasteiger partial charge in [0.2, 0.25) is 0 Å². The van der Waals surface area contributed by atoms with Crippen LogP contribution < -0.4 is 5.73 Å². The van der Waals surface area contributed by atoms with Gasteiger partial charge in [-0.05, 0) is 64.8 Å². The molecule has 0 heterocycles. The summed E-state index contributed by atoms with van der Waals surface area (Å²) < 4.78 is 1.06. The van der Waals surface area contributed by atoms with Crippen molar-refractivity contribution < 1.29 is 4.92 Å². The predicted molar refractivity (Wildman–Crippen MR) is 87.8 cm³/mol. The molecule has 0 aromatic heterocycles. The summed E-state index contributed by atoms with van der Waals surface area (Å²) in [6.07, 6.45) is 0. The highest BCUT2D eigenvalue weighted by molar-refractivity contribution is 14.1. The van der Waals surface area contributed by atoms with E-state index in [1.807, 2.05) is 38.1 Å². The van der Waals surface area contributed by atoms with Crippen molar-refractivity contribution in [3.05, 3.63) is 72.3 Å². The number of halogens is 1. The van der Waals surface area contributed by atoms with Crippen LogP contribution in [0.25, 0.3) is 0 Å². The fourth-order valence-corrected chi connectivity index (χ4v) is 2.91. The molecule has 0 spiro atoms. The Labute approximate surface area is 131 Å². The molecule has 2 aromatic rings. The lowest BCUT2D eigenvalue weighted by Crippen LogP contribution is -2.15. The largest absolute Gasteiger partial charge is 0.320 e. The molecule has 0 saturated carbocycles. The summed E-state index contributed by atoms with van der Waals surface area (Å²) >= 11 is 2.23. The molecule has 0 aliphatic rings. The second kappa shape index (κ2) is 5.88. The van der Waals surface area contributed by atoms with Crippen LogP contribution in [-0.4, -0.2) is 4.92 Å². The Balaban J connectivity index is 2.57. The summed E-state index contributed by atoms with van der Waals surface area (Å²) in [5, 5.41) is 11.0. The van der Waals surface area contributed by atoms with E-state index in [1.54, 1.807) is 12.1 Å². The summed E-state index contributed by atoms with van der Waals surface area (Å²) in [5.41, 5.74) is 10.1. The first-order valence-electron chi connectivity index (χ1n) is 6.17. The van der Waals surface area contributed by atoms with Crippen molar-refractivity contribution in [2.45, 2.75) is 19.9 Å². The molecule has 5 heteroatoms. The van der Waals surface area contributed by atoms with E-state index in [0.717, 1.165) is 25.8 Å². The Morgan fingerprint density at radius 3 is 2.45 bits per heavy atom. The minimum Gasteiger partial charge on any atom is -0.320 e. The van der Waals surface area contributed by atoms with Crippen molar-refractivity contribution in [3.8, 4) is 0 Å². The quantitative estimate of drug-likeness (QED) is 0.498. The Kier molecular flexibility index (Phi) is 4.39. The van der Waals surface area contributed by atoms with Crippen LogP contribution >= 0.6 is 22.6 Å². The van der Waals surface area contributed by atoms with Gasteiger partial charge in [0.05, 0.1) is 11.0 Å². The summed E-state index contributed by atoms with van der Waals surface area (Å²) in [6, 6.07) is 10.6. The van der Waals surface area contributed by atoms with Crippen molar-refractivity contribution in [2.75, 3.05) is 0 Å². The number of nitrogens with zero attached hydrogens (tertiary/aromatic N) is 1. The Hall–Kier alpha value is -1.47. The molecular weight excluding hydrogens is 367 g/mol. The lowest BCUT2D eigenvalue weighted by atomic mass is 9.92. The van der Waals surface area contributed by atoms with E-state index in [9.17, 15) is 10.1 Å². The van der Waals surface area contributed by atoms with Gasteiger partial charge in [-0.2, -0.15) is 0 Å². The van der Waals surface area contributed by atoms with Gasteiger partial charge in [0.25, 0.3) is 5.69 Å². The maximum Gasteiger partial charge on any atom is 0.270 e. The molecule has 0 saturated heterocycles. The molecule has 2 rings (SSSR count). The first-order chi connectivity index (χ1) is 9.41. The maximum atomic E-state index is 11.0. The Morgan fingerprint density at radius 2 is 1.85 bits per heavy atom. The van der Waals surface area contributed by atoms with Crippen LogP contribution in [0.3, 0.4) is 0 Å². The van der Waals surface area contributed by atoms with Gasteiger partial charge in [-0.25, -0.2) is 0 Å². The molecular formula is C15H15IN2O2. The lowest BCUT2D eigenvalue weighted by molar-refractivity contribution is -0.385.